The second kappa shape index (κ2) is 11.9. The van der Waals surface area contributed by atoms with Crippen molar-refractivity contribution in [3.05, 3.63) is 90.0 Å². The molecule has 216 valence electrons. The van der Waals surface area contributed by atoms with E-state index in [0.29, 0.717) is 24.5 Å². The summed E-state index contributed by atoms with van der Waals surface area (Å²) in [6.45, 7) is 0.0929. The summed E-state index contributed by atoms with van der Waals surface area (Å²) in [5.41, 5.74) is 3.99. The first-order valence-corrected chi connectivity index (χ1v) is 13.4. The number of carbonyl (C=O) groups excluding carboxylic acids is 2. The molecular formula is C30H31F4N5O2. The third-order valence-corrected chi connectivity index (χ3v) is 7.16. The highest BCUT2D eigenvalue weighted by molar-refractivity contribution is 5.95. The Morgan fingerprint density at radius 1 is 0.683 bits per heavy atom. The van der Waals surface area contributed by atoms with Crippen LogP contribution in [-0.2, 0) is 22.7 Å². The molecule has 11 heteroatoms. The highest BCUT2D eigenvalue weighted by atomic mass is 19.3. The van der Waals surface area contributed by atoms with Crippen molar-refractivity contribution in [3.8, 4) is 0 Å². The molecule has 41 heavy (non-hydrogen) atoms. The maximum absolute atomic E-state index is 13.4. The normalized spacial score (nSPS) is 20.9. The van der Waals surface area contributed by atoms with E-state index in [1.54, 1.807) is 24.3 Å². The fourth-order valence-electron chi connectivity index (χ4n) is 4.97. The summed E-state index contributed by atoms with van der Waals surface area (Å²) in [4.78, 5) is 26.9. The van der Waals surface area contributed by atoms with Crippen LogP contribution < -0.4 is 26.2 Å². The number of nitrogens with one attached hydrogen (secondary N) is 4. The molecule has 2 amide bonds. The van der Waals surface area contributed by atoms with Crippen molar-refractivity contribution in [2.45, 2.75) is 49.9 Å². The third kappa shape index (κ3) is 7.62. The third-order valence-electron chi connectivity index (χ3n) is 7.16. The molecule has 2 saturated heterocycles. The predicted molar refractivity (Wildman–Crippen MR) is 149 cm³/mol. The van der Waals surface area contributed by atoms with Gasteiger partial charge < -0.3 is 15.5 Å². The molecule has 3 aromatic rings. The van der Waals surface area contributed by atoms with Gasteiger partial charge in [-0.25, -0.2) is 17.6 Å². The molecule has 2 unspecified atom stereocenters. The first-order valence-electron chi connectivity index (χ1n) is 13.4. The monoisotopic (exact) mass is 569 g/mol. The van der Waals surface area contributed by atoms with Gasteiger partial charge in [0, 0.05) is 43.0 Å². The molecule has 0 bridgehead atoms. The zero-order chi connectivity index (χ0) is 29.0. The number of alkyl halides is 4. The number of benzene rings is 3. The largest absolute Gasteiger partial charge is 0.363 e. The standard InChI is InChI=1S/C30H31F4N5O2/c31-29(32)14-25(35-18-29)27(40)37-22-10-6-20(7-11-22)16-39(24-4-2-1-3-5-24)17-21-8-12-23(13-9-21)38-28(41)26-15-30(33,34)19-36-26/h1-13,25-26,35-36H,14-19H2,(H,37,40)(H,38,41). The molecule has 0 saturated carbocycles. The number of halogens is 4. The molecule has 2 aliphatic heterocycles. The molecule has 0 aromatic heterocycles. The lowest BCUT2D eigenvalue weighted by Crippen LogP contribution is -2.35. The van der Waals surface area contributed by atoms with Crippen LogP contribution in [0, 0.1) is 0 Å². The Hall–Kier alpha value is -3.96. The van der Waals surface area contributed by atoms with Gasteiger partial charge in [-0.15, -0.1) is 0 Å². The van der Waals surface area contributed by atoms with Crippen molar-refractivity contribution in [1.29, 1.82) is 0 Å². The molecule has 5 rings (SSSR count). The summed E-state index contributed by atoms with van der Waals surface area (Å²) in [7, 11) is 0. The summed E-state index contributed by atoms with van der Waals surface area (Å²) in [5.74, 6) is -6.74. The van der Waals surface area contributed by atoms with Crippen molar-refractivity contribution >= 4 is 28.9 Å². The van der Waals surface area contributed by atoms with Gasteiger partial charge in [0.2, 0.25) is 11.8 Å². The highest BCUT2D eigenvalue weighted by Crippen LogP contribution is 2.27. The molecule has 3 aromatic carbocycles. The van der Waals surface area contributed by atoms with Gasteiger partial charge in [-0.05, 0) is 47.5 Å². The van der Waals surface area contributed by atoms with E-state index >= 15 is 0 Å². The molecule has 4 N–H and O–H groups in total. The fourth-order valence-corrected chi connectivity index (χ4v) is 4.97. The Bertz CT molecular complexity index is 1270. The minimum absolute atomic E-state index is 0.488. The van der Waals surface area contributed by atoms with E-state index in [4.69, 9.17) is 0 Å². The van der Waals surface area contributed by atoms with Crippen molar-refractivity contribution in [1.82, 2.24) is 10.6 Å². The molecule has 2 fully saturated rings. The molecule has 2 aliphatic rings. The van der Waals surface area contributed by atoms with Crippen LogP contribution in [0.15, 0.2) is 78.9 Å². The van der Waals surface area contributed by atoms with E-state index in [1.807, 2.05) is 54.6 Å². The van der Waals surface area contributed by atoms with E-state index in [9.17, 15) is 27.2 Å². The quantitative estimate of drug-likeness (QED) is 0.279. The number of para-hydroxylation sites is 1. The van der Waals surface area contributed by atoms with Crippen molar-refractivity contribution in [2.24, 2.45) is 0 Å². The minimum atomic E-state index is -2.88. The first-order chi connectivity index (χ1) is 19.6. The number of carbonyl (C=O) groups is 2. The molecule has 0 aliphatic carbocycles. The lowest BCUT2D eigenvalue weighted by molar-refractivity contribution is -0.119. The van der Waals surface area contributed by atoms with Gasteiger partial charge in [0.15, 0.2) is 0 Å². The summed E-state index contributed by atoms with van der Waals surface area (Å²) >= 11 is 0. The van der Waals surface area contributed by atoms with Gasteiger partial charge in [0.05, 0.1) is 25.2 Å². The second-order valence-corrected chi connectivity index (χ2v) is 10.6. The molecule has 7 nitrogen and oxygen atoms in total. The highest BCUT2D eigenvalue weighted by Gasteiger charge is 2.43. The Labute approximate surface area is 235 Å². The SMILES string of the molecule is O=C(Nc1ccc(CN(Cc2ccc(NC(=O)C3CC(F)(F)CN3)cc2)c2ccccc2)cc1)C1CC(F)(F)CN1. The Morgan fingerprint density at radius 2 is 1.10 bits per heavy atom. The average Bonchev–Trinajstić information content (AvgIpc) is 3.51. The zero-order valence-electron chi connectivity index (χ0n) is 22.2. The van der Waals surface area contributed by atoms with Gasteiger partial charge in [0.1, 0.15) is 0 Å². The zero-order valence-corrected chi connectivity index (χ0v) is 22.2. The van der Waals surface area contributed by atoms with Crippen LogP contribution in [0.25, 0.3) is 0 Å². The summed E-state index contributed by atoms with van der Waals surface area (Å²) in [6.07, 6.45) is -1.04. The van der Waals surface area contributed by atoms with Gasteiger partial charge in [-0.2, -0.15) is 0 Å². The fraction of sp³-hybridized carbons (Fsp3) is 0.333. The van der Waals surface area contributed by atoms with Crippen molar-refractivity contribution in [3.63, 3.8) is 0 Å². The van der Waals surface area contributed by atoms with E-state index in [2.05, 4.69) is 26.2 Å². The van der Waals surface area contributed by atoms with E-state index < -0.39 is 61.7 Å². The van der Waals surface area contributed by atoms with Crippen LogP contribution in [-0.4, -0.2) is 48.8 Å². The van der Waals surface area contributed by atoms with Crippen LogP contribution in [0.1, 0.15) is 24.0 Å². The minimum Gasteiger partial charge on any atom is -0.363 e. The molecule has 0 spiro atoms. The van der Waals surface area contributed by atoms with E-state index in [0.717, 1.165) is 16.8 Å². The topological polar surface area (TPSA) is 85.5 Å². The summed E-state index contributed by atoms with van der Waals surface area (Å²) in [6, 6.07) is 22.5. The number of amides is 2. The number of rotatable bonds is 9. The Kier molecular flexibility index (Phi) is 8.27. The molecule has 0 radical (unpaired) electrons. The summed E-state index contributed by atoms with van der Waals surface area (Å²) in [5, 5.41) is 10.5. The Balaban J connectivity index is 1.21. The van der Waals surface area contributed by atoms with Crippen molar-refractivity contribution in [2.75, 3.05) is 28.6 Å². The lowest BCUT2D eigenvalue weighted by atomic mass is 10.1. The molecule has 2 heterocycles. The van der Waals surface area contributed by atoms with E-state index in [-0.39, 0.29) is 0 Å². The first kappa shape index (κ1) is 28.6. The molecular weight excluding hydrogens is 538 g/mol. The maximum Gasteiger partial charge on any atom is 0.262 e. The molecule has 2 atom stereocenters. The van der Waals surface area contributed by atoms with E-state index in [1.165, 1.54) is 0 Å². The number of hydrogen-bond acceptors (Lipinski definition) is 5. The second-order valence-electron chi connectivity index (χ2n) is 10.6. The number of anilines is 3. The van der Waals surface area contributed by atoms with Crippen LogP contribution in [0.2, 0.25) is 0 Å². The van der Waals surface area contributed by atoms with Crippen molar-refractivity contribution < 1.29 is 27.2 Å². The van der Waals surface area contributed by atoms with Gasteiger partial charge in [-0.3, -0.25) is 20.2 Å². The van der Waals surface area contributed by atoms with Crippen LogP contribution in [0.4, 0.5) is 34.6 Å². The average molecular weight is 570 g/mol. The lowest BCUT2D eigenvalue weighted by Gasteiger charge is -2.25. The van der Waals surface area contributed by atoms with Crippen LogP contribution >= 0.6 is 0 Å². The maximum atomic E-state index is 13.4. The van der Waals surface area contributed by atoms with Crippen LogP contribution in [0.5, 0.6) is 0 Å². The summed E-state index contributed by atoms with van der Waals surface area (Å²) < 4.78 is 53.7. The smallest absolute Gasteiger partial charge is 0.262 e. The van der Waals surface area contributed by atoms with Gasteiger partial charge in [0.25, 0.3) is 11.8 Å². The van der Waals surface area contributed by atoms with Crippen LogP contribution in [0.3, 0.4) is 0 Å². The number of hydrogen-bond donors (Lipinski definition) is 4. The number of nitrogens with zero attached hydrogens (tertiary/aromatic N) is 1. The predicted octanol–water partition coefficient (Wildman–Crippen LogP) is 4.76. The Morgan fingerprint density at radius 3 is 1.46 bits per heavy atom. The van der Waals surface area contributed by atoms with Gasteiger partial charge in [-0.1, -0.05) is 42.5 Å². The van der Waals surface area contributed by atoms with Gasteiger partial charge >= 0.3 is 0 Å².